The lowest BCUT2D eigenvalue weighted by atomic mass is 10.1. The Labute approximate surface area is 191 Å². The van der Waals surface area contributed by atoms with Crippen molar-refractivity contribution in [2.75, 3.05) is 32.7 Å². The molecule has 32 heavy (non-hydrogen) atoms. The second kappa shape index (κ2) is 9.27. The normalized spacial score (nSPS) is 15.4. The zero-order valence-corrected chi connectivity index (χ0v) is 19.2. The molecule has 5 rings (SSSR count). The standard InChI is InChI=1S/C28H32N4/c1-3-15-30-16-18-31(19-17-30)21-26-28(24-7-5-4-6-8-24)29-27-14-13-25(20-32(26)27)23-11-9-22(2)10-12-23/h4-14,20H,3,15-19,21H2,1-2H3. The molecular weight excluding hydrogens is 392 g/mol. The SMILES string of the molecule is CCCN1CCN(Cc2c(-c3ccccc3)nc3ccc(-c4ccc(C)cc4)cn23)CC1. The van der Waals surface area contributed by atoms with E-state index in [2.05, 4.69) is 101 Å². The number of hydrogen-bond acceptors (Lipinski definition) is 3. The predicted octanol–water partition coefficient (Wildman–Crippen LogP) is 5.50. The summed E-state index contributed by atoms with van der Waals surface area (Å²) in [4.78, 5) is 10.2. The van der Waals surface area contributed by atoms with E-state index < -0.39 is 0 Å². The van der Waals surface area contributed by atoms with Gasteiger partial charge in [0.25, 0.3) is 0 Å². The molecule has 2 aromatic heterocycles. The number of pyridine rings is 1. The molecule has 4 heteroatoms. The van der Waals surface area contributed by atoms with Crippen LogP contribution in [0.4, 0.5) is 0 Å². The summed E-state index contributed by atoms with van der Waals surface area (Å²) in [6.45, 7) is 11.1. The molecule has 0 bridgehead atoms. The molecule has 4 aromatic rings. The quantitative estimate of drug-likeness (QED) is 0.408. The fourth-order valence-corrected chi connectivity index (χ4v) is 4.69. The van der Waals surface area contributed by atoms with Gasteiger partial charge in [-0.3, -0.25) is 4.90 Å². The topological polar surface area (TPSA) is 23.8 Å². The Bertz CT molecular complexity index is 1170. The third kappa shape index (κ3) is 4.34. The minimum Gasteiger partial charge on any atom is -0.301 e. The van der Waals surface area contributed by atoms with Crippen molar-refractivity contribution in [3.63, 3.8) is 0 Å². The van der Waals surface area contributed by atoms with Crippen LogP contribution >= 0.6 is 0 Å². The molecule has 1 saturated heterocycles. The molecule has 3 heterocycles. The van der Waals surface area contributed by atoms with Gasteiger partial charge in [0.1, 0.15) is 5.65 Å². The van der Waals surface area contributed by atoms with E-state index in [0.29, 0.717) is 0 Å². The molecule has 0 spiro atoms. The summed E-state index contributed by atoms with van der Waals surface area (Å²) in [5.74, 6) is 0. The number of piperazine rings is 1. The molecule has 0 aliphatic carbocycles. The van der Waals surface area contributed by atoms with Gasteiger partial charge in [-0.1, -0.05) is 67.1 Å². The highest BCUT2D eigenvalue weighted by molar-refractivity contribution is 5.70. The van der Waals surface area contributed by atoms with Crippen LogP contribution in [0.2, 0.25) is 0 Å². The Balaban J connectivity index is 1.53. The lowest BCUT2D eigenvalue weighted by Crippen LogP contribution is -2.46. The van der Waals surface area contributed by atoms with Crippen LogP contribution in [0.15, 0.2) is 72.9 Å². The fraction of sp³-hybridized carbons (Fsp3) is 0.321. The second-order valence-corrected chi connectivity index (χ2v) is 8.90. The van der Waals surface area contributed by atoms with Crippen molar-refractivity contribution in [3.8, 4) is 22.4 Å². The van der Waals surface area contributed by atoms with Gasteiger partial charge in [0.15, 0.2) is 0 Å². The van der Waals surface area contributed by atoms with Crippen molar-refractivity contribution < 1.29 is 0 Å². The summed E-state index contributed by atoms with van der Waals surface area (Å²) in [5.41, 5.74) is 8.33. The van der Waals surface area contributed by atoms with Crippen LogP contribution in [0, 0.1) is 6.92 Å². The van der Waals surface area contributed by atoms with E-state index in [4.69, 9.17) is 4.98 Å². The Hall–Kier alpha value is -2.95. The highest BCUT2D eigenvalue weighted by Crippen LogP contribution is 2.28. The number of aryl methyl sites for hydroxylation is 1. The van der Waals surface area contributed by atoms with Crippen LogP contribution in [0.1, 0.15) is 24.6 Å². The van der Waals surface area contributed by atoms with Gasteiger partial charge in [0.2, 0.25) is 0 Å². The predicted molar refractivity (Wildman–Crippen MR) is 133 cm³/mol. The molecule has 2 aromatic carbocycles. The van der Waals surface area contributed by atoms with Crippen molar-refractivity contribution in [1.82, 2.24) is 19.2 Å². The van der Waals surface area contributed by atoms with Gasteiger partial charge in [0.05, 0.1) is 11.4 Å². The largest absolute Gasteiger partial charge is 0.301 e. The molecule has 0 radical (unpaired) electrons. The van der Waals surface area contributed by atoms with Crippen molar-refractivity contribution in [3.05, 3.63) is 84.2 Å². The number of rotatable bonds is 6. The number of hydrogen-bond donors (Lipinski definition) is 0. The van der Waals surface area contributed by atoms with E-state index in [9.17, 15) is 0 Å². The monoisotopic (exact) mass is 424 g/mol. The maximum atomic E-state index is 5.07. The van der Waals surface area contributed by atoms with Crippen LogP contribution in [0.5, 0.6) is 0 Å². The Morgan fingerprint density at radius 1 is 0.750 bits per heavy atom. The number of fused-ring (bicyclic) bond motifs is 1. The first-order chi connectivity index (χ1) is 15.7. The third-order valence-electron chi connectivity index (χ3n) is 6.53. The van der Waals surface area contributed by atoms with Crippen molar-refractivity contribution in [1.29, 1.82) is 0 Å². The molecule has 0 unspecified atom stereocenters. The maximum Gasteiger partial charge on any atom is 0.137 e. The number of imidazole rings is 1. The van der Waals surface area contributed by atoms with Gasteiger partial charge in [-0.15, -0.1) is 0 Å². The minimum absolute atomic E-state index is 0.919. The van der Waals surface area contributed by atoms with Crippen LogP contribution in [0.3, 0.4) is 0 Å². The Morgan fingerprint density at radius 2 is 1.44 bits per heavy atom. The van der Waals surface area contributed by atoms with Crippen molar-refractivity contribution in [2.24, 2.45) is 0 Å². The Morgan fingerprint density at radius 3 is 2.16 bits per heavy atom. The molecule has 1 aliphatic heterocycles. The van der Waals surface area contributed by atoms with Gasteiger partial charge in [-0.2, -0.15) is 0 Å². The van der Waals surface area contributed by atoms with E-state index in [1.165, 1.54) is 40.9 Å². The molecule has 1 aliphatic rings. The average Bonchev–Trinajstić information content (AvgIpc) is 3.19. The first-order valence-corrected chi connectivity index (χ1v) is 11.8. The van der Waals surface area contributed by atoms with Gasteiger partial charge < -0.3 is 9.30 Å². The number of benzene rings is 2. The summed E-state index contributed by atoms with van der Waals surface area (Å²) >= 11 is 0. The average molecular weight is 425 g/mol. The van der Waals surface area contributed by atoms with E-state index in [0.717, 1.165) is 44.1 Å². The highest BCUT2D eigenvalue weighted by Gasteiger charge is 2.21. The molecule has 4 nitrogen and oxygen atoms in total. The summed E-state index contributed by atoms with van der Waals surface area (Å²) in [5, 5.41) is 0. The molecule has 1 fully saturated rings. The zero-order chi connectivity index (χ0) is 21.9. The molecular formula is C28H32N4. The molecule has 0 saturated carbocycles. The van der Waals surface area contributed by atoms with Gasteiger partial charge >= 0.3 is 0 Å². The van der Waals surface area contributed by atoms with Crippen LogP contribution in [-0.2, 0) is 6.54 Å². The van der Waals surface area contributed by atoms with Crippen LogP contribution in [0.25, 0.3) is 28.0 Å². The first kappa shape index (κ1) is 20.9. The smallest absolute Gasteiger partial charge is 0.137 e. The van der Waals surface area contributed by atoms with Gasteiger partial charge in [0, 0.05) is 44.5 Å². The van der Waals surface area contributed by atoms with Gasteiger partial charge in [-0.25, -0.2) is 4.98 Å². The number of nitrogens with zero attached hydrogens (tertiary/aromatic N) is 4. The van der Waals surface area contributed by atoms with E-state index in [1.807, 2.05) is 0 Å². The van der Waals surface area contributed by atoms with E-state index >= 15 is 0 Å². The minimum atomic E-state index is 0.919. The molecule has 164 valence electrons. The summed E-state index contributed by atoms with van der Waals surface area (Å²) in [7, 11) is 0. The van der Waals surface area contributed by atoms with E-state index in [-0.39, 0.29) is 0 Å². The third-order valence-corrected chi connectivity index (χ3v) is 6.53. The zero-order valence-electron chi connectivity index (χ0n) is 19.2. The first-order valence-electron chi connectivity index (χ1n) is 11.8. The van der Waals surface area contributed by atoms with Gasteiger partial charge in [-0.05, 0) is 43.1 Å². The fourth-order valence-electron chi connectivity index (χ4n) is 4.69. The molecule has 0 atom stereocenters. The van der Waals surface area contributed by atoms with E-state index in [1.54, 1.807) is 0 Å². The van der Waals surface area contributed by atoms with Crippen molar-refractivity contribution >= 4 is 5.65 Å². The molecule has 0 amide bonds. The lowest BCUT2D eigenvalue weighted by Gasteiger charge is -2.34. The second-order valence-electron chi connectivity index (χ2n) is 8.90. The summed E-state index contributed by atoms with van der Waals surface area (Å²) in [6.07, 6.45) is 3.50. The summed E-state index contributed by atoms with van der Waals surface area (Å²) in [6, 6.07) is 23.7. The summed E-state index contributed by atoms with van der Waals surface area (Å²) < 4.78 is 2.32. The van der Waals surface area contributed by atoms with Crippen LogP contribution in [-0.4, -0.2) is 51.9 Å². The molecule has 0 N–H and O–H groups in total. The highest BCUT2D eigenvalue weighted by atomic mass is 15.3. The van der Waals surface area contributed by atoms with Crippen molar-refractivity contribution in [2.45, 2.75) is 26.8 Å². The maximum absolute atomic E-state index is 5.07. The lowest BCUT2D eigenvalue weighted by molar-refractivity contribution is 0.126. The van der Waals surface area contributed by atoms with Crippen LogP contribution < -0.4 is 0 Å². The Kier molecular flexibility index (Phi) is 6.06. The number of aromatic nitrogens is 2.